The largest absolute Gasteiger partial charge is 0.338 e. The third-order valence-electron chi connectivity index (χ3n) is 3.48. The Hall–Kier alpha value is -1.45. The summed E-state index contributed by atoms with van der Waals surface area (Å²) in [6, 6.07) is 3.72. The summed E-state index contributed by atoms with van der Waals surface area (Å²) in [5.41, 5.74) is 0. The Morgan fingerprint density at radius 1 is 1.22 bits per heavy atom. The van der Waals surface area contributed by atoms with Gasteiger partial charge in [-0.3, -0.25) is 9.59 Å². The molecule has 0 aromatic carbocycles. The highest BCUT2D eigenvalue weighted by Gasteiger charge is 2.25. The van der Waals surface area contributed by atoms with Crippen LogP contribution in [0.3, 0.4) is 0 Å². The molecule has 0 atom stereocenters. The van der Waals surface area contributed by atoms with Gasteiger partial charge < -0.3 is 9.80 Å². The number of aromatic nitrogens is 2. The second-order valence-corrected chi connectivity index (χ2v) is 8.38. The van der Waals surface area contributed by atoms with Crippen LogP contribution in [0.2, 0.25) is 0 Å². The number of hydrogen-bond acceptors (Lipinski definition) is 7. The average Bonchev–Trinajstić information content (AvgIpc) is 3.24. The van der Waals surface area contributed by atoms with Crippen LogP contribution < -0.4 is 0 Å². The molecule has 0 spiro atoms. The summed E-state index contributed by atoms with van der Waals surface area (Å²) in [5, 5.41) is 10.8. The number of hydrogen-bond donors (Lipinski definition) is 0. The highest BCUT2D eigenvalue weighted by molar-refractivity contribution is 8.01. The maximum absolute atomic E-state index is 12.3. The summed E-state index contributed by atoms with van der Waals surface area (Å²) in [6.07, 6.45) is 0. The van der Waals surface area contributed by atoms with Crippen LogP contribution in [0, 0.1) is 6.92 Å². The van der Waals surface area contributed by atoms with E-state index < -0.39 is 0 Å². The molecule has 122 valence electrons. The lowest BCUT2D eigenvalue weighted by Gasteiger charge is -2.34. The monoisotopic (exact) mass is 368 g/mol. The van der Waals surface area contributed by atoms with Crippen molar-refractivity contribution in [2.24, 2.45) is 0 Å². The number of carbonyl (C=O) groups excluding carboxylic acids is 2. The molecule has 1 aliphatic rings. The van der Waals surface area contributed by atoms with E-state index in [1.807, 2.05) is 34.2 Å². The van der Waals surface area contributed by atoms with Crippen LogP contribution in [0.1, 0.15) is 14.7 Å². The first-order valence-corrected chi connectivity index (χ1v) is 9.85. The Morgan fingerprint density at radius 2 is 1.96 bits per heavy atom. The van der Waals surface area contributed by atoms with Gasteiger partial charge in [0.2, 0.25) is 5.91 Å². The lowest BCUT2D eigenvalue weighted by molar-refractivity contribution is -0.129. The molecule has 0 unspecified atom stereocenters. The molecular formula is C14H16N4O2S3. The zero-order chi connectivity index (χ0) is 16.2. The molecule has 0 saturated carbocycles. The molecule has 2 aromatic heterocycles. The van der Waals surface area contributed by atoms with Crippen molar-refractivity contribution in [3.8, 4) is 0 Å². The molecule has 2 amide bonds. The third kappa shape index (κ3) is 4.10. The fourth-order valence-corrected chi connectivity index (χ4v) is 4.68. The lowest BCUT2D eigenvalue weighted by atomic mass is 10.3. The number of carbonyl (C=O) groups is 2. The summed E-state index contributed by atoms with van der Waals surface area (Å²) >= 11 is 4.37. The maximum atomic E-state index is 12.3. The average molecular weight is 369 g/mol. The molecule has 1 fully saturated rings. The second kappa shape index (κ2) is 7.41. The smallest absolute Gasteiger partial charge is 0.264 e. The number of piperazine rings is 1. The van der Waals surface area contributed by atoms with Gasteiger partial charge in [0, 0.05) is 26.2 Å². The zero-order valence-corrected chi connectivity index (χ0v) is 15.0. The Labute approximate surface area is 146 Å². The second-order valence-electron chi connectivity index (χ2n) is 5.03. The molecule has 3 rings (SSSR count). The van der Waals surface area contributed by atoms with E-state index in [0.717, 1.165) is 14.2 Å². The molecule has 0 aliphatic carbocycles. The van der Waals surface area contributed by atoms with Crippen LogP contribution in [0.4, 0.5) is 0 Å². The van der Waals surface area contributed by atoms with Crippen molar-refractivity contribution in [1.29, 1.82) is 0 Å². The number of thioether (sulfide) groups is 1. The molecular weight excluding hydrogens is 352 g/mol. The minimum atomic E-state index is 0.0609. The van der Waals surface area contributed by atoms with E-state index in [2.05, 4.69) is 10.2 Å². The minimum Gasteiger partial charge on any atom is -0.338 e. The number of amides is 2. The molecule has 0 bridgehead atoms. The van der Waals surface area contributed by atoms with Crippen molar-refractivity contribution >= 4 is 46.2 Å². The van der Waals surface area contributed by atoms with Crippen molar-refractivity contribution < 1.29 is 9.59 Å². The fourth-order valence-electron chi connectivity index (χ4n) is 2.27. The van der Waals surface area contributed by atoms with Crippen LogP contribution in [0.15, 0.2) is 21.9 Å². The number of nitrogens with zero attached hydrogens (tertiary/aromatic N) is 4. The Bertz CT molecular complexity index is 678. The van der Waals surface area contributed by atoms with Crippen molar-refractivity contribution in [3.05, 3.63) is 27.4 Å². The normalized spacial score (nSPS) is 15.0. The lowest BCUT2D eigenvalue weighted by Crippen LogP contribution is -2.50. The van der Waals surface area contributed by atoms with Gasteiger partial charge >= 0.3 is 0 Å². The molecule has 23 heavy (non-hydrogen) atoms. The molecule has 0 radical (unpaired) electrons. The Morgan fingerprint density at radius 3 is 2.57 bits per heavy atom. The van der Waals surface area contributed by atoms with Crippen LogP contribution >= 0.6 is 34.4 Å². The van der Waals surface area contributed by atoms with Gasteiger partial charge in [-0.25, -0.2) is 0 Å². The van der Waals surface area contributed by atoms with Gasteiger partial charge in [0.25, 0.3) is 5.91 Å². The van der Waals surface area contributed by atoms with E-state index in [4.69, 9.17) is 0 Å². The molecule has 3 heterocycles. The number of rotatable bonds is 4. The third-order valence-corrected chi connectivity index (χ3v) is 6.29. The van der Waals surface area contributed by atoms with E-state index in [1.54, 1.807) is 0 Å². The first-order valence-electron chi connectivity index (χ1n) is 7.17. The van der Waals surface area contributed by atoms with Gasteiger partial charge in [0.05, 0.1) is 10.6 Å². The predicted molar refractivity (Wildman–Crippen MR) is 92.2 cm³/mol. The maximum Gasteiger partial charge on any atom is 0.264 e. The fraction of sp³-hybridized carbons (Fsp3) is 0.429. The first kappa shape index (κ1) is 16.4. The molecule has 1 saturated heterocycles. The summed E-state index contributed by atoms with van der Waals surface area (Å²) in [7, 11) is 0. The van der Waals surface area contributed by atoms with E-state index >= 15 is 0 Å². The number of thiophene rings is 1. The van der Waals surface area contributed by atoms with Gasteiger partial charge in [-0.2, -0.15) is 0 Å². The zero-order valence-electron chi connectivity index (χ0n) is 12.6. The van der Waals surface area contributed by atoms with Gasteiger partial charge in [-0.05, 0) is 18.4 Å². The van der Waals surface area contributed by atoms with Crippen LogP contribution in [0.25, 0.3) is 0 Å². The molecule has 1 aliphatic heterocycles. The summed E-state index contributed by atoms with van der Waals surface area (Å²) in [5.74, 6) is 0.518. The first-order chi connectivity index (χ1) is 11.1. The molecule has 0 N–H and O–H groups in total. The van der Waals surface area contributed by atoms with Crippen molar-refractivity contribution in [2.45, 2.75) is 11.3 Å². The minimum absolute atomic E-state index is 0.0609. The van der Waals surface area contributed by atoms with Crippen LogP contribution in [-0.4, -0.2) is 63.7 Å². The van der Waals surface area contributed by atoms with Gasteiger partial charge in [-0.15, -0.1) is 21.5 Å². The SMILES string of the molecule is Cc1nnc(SCC(=O)N2CCN(C(=O)c3cccs3)CC2)s1. The molecule has 9 heteroatoms. The summed E-state index contributed by atoms with van der Waals surface area (Å²) in [6.45, 7) is 4.25. The Balaban J connectivity index is 1.46. The molecule has 2 aromatic rings. The predicted octanol–water partition coefficient (Wildman–Crippen LogP) is 1.98. The van der Waals surface area contributed by atoms with Crippen molar-refractivity contribution in [3.63, 3.8) is 0 Å². The van der Waals surface area contributed by atoms with Crippen molar-refractivity contribution in [2.75, 3.05) is 31.9 Å². The van der Waals surface area contributed by atoms with E-state index in [0.29, 0.717) is 31.9 Å². The molecule has 6 nitrogen and oxygen atoms in total. The van der Waals surface area contributed by atoms with E-state index in [9.17, 15) is 9.59 Å². The standard InChI is InChI=1S/C14H16N4O2S3/c1-10-15-16-14(23-10)22-9-12(19)17-4-6-18(7-5-17)13(20)11-3-2-8-21-11/h2-3,8H,4-7,9H2,1H3. The quantitative estimate of drug-likeness (QED) is 0.772. The van der Waals surface area contributed by atoms with Gasteiger partial charge in [0.1, 0.15) is 5.01 Å². The van der Waals surface area contributed by atoms with Gasteiger partial charge in [-0.1, -0.05) is 29.2 Å². The highest BCUT2D eigenvalue weighted by Crippen LogP contribution is 2.22. The van der Waals surface area contributed by atoms with E-state index in [-0.39, 0.29) is 11.8 Å². The Kier molecular flexibility index (Phi) is 5.29. The topological polar surface area (TPSA) is 66.4 Å². The van der Waals surface area contributed by atoms with Crippen LogP contribution in [-0.2, 0) is 4.79 Å². The highest BCUT2D eigenvalue weighted by atomic mass is 32.2. The van der Waals surface area contributed by atoms with Crippen molar-refractivity contribution in [1.82, 2.24) is 20.0 Å². The summed E-state index contributed by atoms with van der Waals surface area (Å²) < 4.78 is 0.822. The van der Waals surface area contributed by atoms with Crippen LogP contribution in [0.5, 0.6) is 0 Å². The number of aryl methyl sites for hydroxylation is 1. The summed E-state index contributed by atoms with van der Waals surface area (Å²) in [4.78, 5) is 28.9. The van der Waals surface area contributed by atoms with E-state index in [1.165, 1.54) is 34.4 Å². The van der Waals surface area contributed by atoms with Gasteiger partial charge in [0.15, 0.2) is 4.34 Å².